The minimum Gasteiger partial charge on any atom is -0.335 e. The van der Waals surface area contributed by atoms with E-state index in [1.54, 1.807) is 0 Å². The molecule has 3 rings (SSSR count). The van der Waals surface area contributed by atoms with E-state index in [1.165, 1.54) is 0 Å². The van der Waals surface area contributed by atoms with Crippen LogP contribution in [0, 0.1) is 0 Å². The van der Waals surface area contributed by atoms with Crippen molar-refractivity contribution < 1.29 is 0 Å². The first-order valence-corrected chi connectivity index (χ1v) is 8.48. The number of aryl methyl sites for hydroxylation is 1. The van der Waals surface area contributed by atoms with Gasteiger partial charge < -0.3 is 14.9 Å². The molecule has 0 radical (unpaired) electrons. The van der Waals surface area contributed by atoms with Gasteiger partial charge in [0.05, 0.1) is 0 Å². The van der Waals surface area contributed by atoms with Crippen LogP contribution in [0.25, 0.3) is 10.9 Å². The van der Waals surface area contributed by atoms with Crippen LogP contribution in [0.2, 0.25) is 0 Å². The summed E-state index contributed by atoms with van der Waals surface area (Å²) in [5.74, 6) is 1.56. The zero-order valence-corrected chi connectivity index (χ0v) is 14.2. The Kier molecular flexibility index (Phi) is 5.11. The van der Waals surface area contributed by atoms with E-state index in [-0.39, 0.29) is 5.56 Å². The fraction of sp³-hybridized carbons (Fsp3) is 0.368. The highest BCUT2D eigenvalue weighted by molar-refractivity contribution is 5.78. The lowest BCUT2D eigenvalue weighted by atomic mass is 10.1. The second kappa shape index (κ2) is 7.45. The third-order valence-electron chi connectivity index (χ3n) is 4.16. The van der Waals surface area contributed by atoms with Gasteiger partial charge in [-0.25, -0.2) is 4.98 Å². The van der Waals surface area contributed by atoms with Gasteiger partial charge in [-0.05, 0) is 30.5 Å². The van der Waals surface area contributed by atoms with Crippen LogP contribution < -0.4 is 10.9 Å². The summed E-state index contributed by atoms with van der Waals surface area (Å²) in [6.07, 6.45) is 4.89. The van der Waals surface area contributed by atoms with E-state index in [0.717, 1.165) is 41.8 Å². The molecule has 24 heavy (non-hydrogen) atoms. The molecular formula is C19H24N4O. The van der Waals surface area contributed by atoms with Crippen molar-refractivity contribution in [1.82, 2.24) is 19.9 Å². The lowest BCUT2D eigenvalue weighted by molar-refractivity contribution is 0.553. The van der Waals surface area contributed by atoms with Gasteiger partial charge in [-0.1, -0.05) is 32.0 Å². The first-order valence-electron chi connectivity index (χ1n) is 8.48. The molecular weight excluding hydrogens is 300 g/mol. The van der Waals surface area contributed by atoms with E-state index >= 15 is 0 Å². The van der Waals surface area contributed by atoms with Gasteiger partial charge in [-0.3, -0.25) is 4.79 Å². The summed E-state index contributed by atoms with van der Waals surface area (Å²) in [6.45, 7) is 6.70. The molecule has 2 heterocycles. The van der Waals surface area contributed by atoms with Crippen LogP contribution in [0.4, 0.5) is 0 Å². The highest BCUT2D eigenvalue weighted by atomic mass is 16.1. The number of benzene rings is 1. The van der Waals surface area contributed by atoms with Gasteiger partial charge in [0.1, 0.15) is 5.82 Å². The lowest BCUT2D eigenvalue weighted by Gasteiger charge is -2.10. The highest BCUT2D eigenvalue weighted by Gasteiger charge is 2.06. The van der Waals surface area contributed by atoms with Gasteiger partial charge in [-0.2, -0.15) is 0 Å². The molecule has 0 unspecified atom stereocenters. The number of H-pyrrole nitrogens is 1. The van der Waals surface area contributed by atoms with Crippen molar-refractivity contribution in [3.8, 4) is 0 Å². The van der Waals surface area contributed by atoms with Gasteiger partial charge in [0, 0.05) is 42.5 Å². The summed E-state index contributed by atoms with van der Waals surface area (Å²) >= 11 is 0. The van der Waals surface area contributed by atoms with Crippen LogP contribution in [-0.4, -0.2) is 21.1 Å². The van der Waals surface area contributed by atoms with Crippen molar-refractivity contribution in [2.45, 2.75) is 39.3 Å². The Balaban J connectivity index is 1.52. The number of nitrogens with zero attached hydrogens (tertiary/aromatic N) is 2. The maximum Gasteiger partial charge on any atom is 0.252 e. The third kappa shape index (κ3) is 3.74. The highest BCUT2D eigenvalue weighted by Crippen LogP contribution is 2.12. The van der Waals surface area contributed by atoms with Crippen LogP contribution in [-0.2, 0) is 13.1 Å². The van der Waals surface area contributed by atoms with Crippen LogP contribution in [0.5, 0.6) is 0 Å². The Morgan fingerprint density at radius 3 is 2.96 bits per heavy atom. The number of hydrogen-bond acceptors (Lipinski definition) is 3. The smallest absolute Gasteiger partial charge is 0.252 e. The molecule has 5 heteroatoms. The number of aromatic amines is 1. The van der Waals surface area contributed by atoms with E-state index in [1.807, 2.05) is 42.7 Å². The van der Waals surface area contributed by atoms with E-state index in [0.29, 0.717) is 12.5 Å². The summed E-state index contributed by atoms with van der Waals surface area (Å²) < 4.78 is 2.20. The molecule has 0 bridgehead atoms. The summed E-state index contributed by atoms with van der Waals surface area (Å²) in [6, 6.07) is 9.81. The molecule has 0 amide bonds. The van der Waals surface area contributed by atoms with Crippen molar-refractivity contribution in [2.75, 3.05) is 6.54 Å². The largest absolute Gasteiger partial charge is 0.335 e. The van der Waals surface area contributed by atoms with Crippen molar-refractivity contribution in [2.24, 2.45) is 0 Å². The van der Waals surface area contributed by atoms with Crippen LogP contribution >= 0.6 is 0 Å². The molecule has 0 fully saturated rings. The SMILES string of the molecule is CC(C)c1nccn1CCCNCc1cc2ccccc2[nH]c1=O. The fourth-order valence-electron chi connectivity index (χ4n) is 2.93. The number of fused-ring (bicyclic) bond motifs is 1. The normalized spacial score (nSPS) is 11.5. The predicted molar refractivity (Wildman–Crippen MR) is 97.2 cm³/mol. The van der Waals surface area contributed by atoms with Gasteiger partial charge in [-0.15, -0.1) is 0 Å². The van der Waals surface area contributed by atoms with Crippen LogP contribution in [0.15, 0.2) is 47.5 Å². The zero-order chi connectivity index (χ0) is 16.9. The molecule has 0 atom stereocenters. The van der Waals surface area contributed by atoms with Crippen LogP contribution in [0.1, 0.15) is 37.6 Å². The molecule has 0 aliphatic heterocycles. The minimum atomic E-state index is -0.0158. The molecule has 0 aliphatic carbocycles. The molecule has 2 N–H and O–H groups in total. The van der Waals surface area contributed by atoms with Gasteiger partial charge in [0.2, 0.25) is 0 Å². The number of pyridine rings is 1. The minimum absolute atomic E-state index is 0.0158. The Morgan fingerprint density at radius 1 is 1.29 bits per heavy atom. The van der Waals surface area contributed by atoms with E-state index < -0.39 is 0 Å². The van der Waals surface area contributed by atoms with Crippen molar-refractivity contribution >= 4 is 10.9 Å². The number of hydrogen-bond donors (Lipinski definition) is 2. The number of aromatic nitrogens is 3. The number of nitrogens with one attached hydrogen (secondary N) is 2. The number of para-hydroxylation sites is 1. The topological polar surface area (TPSA) is 62.7 Å². The Hall–Kier alpha value is -2.40. The maximum atomic E-state index is 12.1. The number of rotatable bonds is 7. The summed E-state index contributed by atoms with van der Waals surface area (Å²) in [4.78, 5) is 19.4. The average Bonchev–Trinajstić information content (AvgIpc) is 3.03. The summed E-state index contributed by atoms with van der Waals surface area (Å²) in [5.41, 5.74) is 1.64. The average molecular weight is 324 g/mol. The maximum absolute atomic E-state index is 12.1. The quantitative estimate of drug-likeness (QED) is 0.657. The second-order valence-corrected chi connectivity index (χ2v) is 6.37. The standard InChI is InChI=1S/C19H24N4O/c1-14(2)18-21-9-11-23(18)10-5-8-20-13-16-12-15-6-3-4-7-17(15)22-19(16)24/h3-4,6-7,9,11-12,14,20H,5,8,10,13H2,1-2H3,(H,22,24). The summed E-state index contributed by atoms with van der Waals surface area (Å²) in [5, 5.41) is 4.43. The summed E-state index contributed by atoms with van der Waals surface area (Å²) in [7, 11) is 0. The second-order valence-electron chi connectivity index (χ2n) is 6.37. The molecule has 0 spiro atoms. The van der Waals surface area contributed by atoms with Crippen molar-refractivity contribution in [3.05, 3.63) is 64.5 Å². The molecule has 2 aromatic heterocycles. The molecule has 0 aliphatic rings. The van der Waals surface area contributed by atoms with E-state index in [2.05, 4.69) is 33.7 Å². The van der Waals surface area contributed by atoms with Gasteiger partial charge in [0.15, 0.2) is 0 Å². The van der Waals surface area contributed by atoms with Gasteiger partial charge >= 0.3 is 0 Å². The monoisotopic (exact) mass is 324 g/mol. The Labute approximate surface area is 141 Å². The molecule has 126 valence electrons. The molecule has 3 aromatic rings. The number of imidazole rings is 1. The van der Waals surface area contributed by atoms with Crippen LogP contribution in [0.3, 0.4) is 0 Å². The van der Waals surface area contributed by atoms with E-state index in [9.17, 15) is 4.79 Å². The van der Waals surface area contributed by atoms with Crippen molar-refractivity contribution in [3.63, 3.8) is 0 Å². The Bertz CT molecular complexity index is 863. The first kappa shape index (κ1) is 16.5. The molecule has 0 saturated heterocycles. The third-order valence-corrected chi connectivity index (χ3v) is 4.16. The molecule has 5 nitrogen and oxygen atoms in total. The predicted octanol–water partition coefficient (Wildman–Crippen LogP) is 3.03. The van der Waals surface area contributed by atoms with Gasteiger partial charge in [0.25, 0.3) is 5.56 Å². The Morgan fingerprint density at radius 2 is 2.12 bits per heavy atom. The zero-order valence-electron chi connectivity index (χ0n) is 14.2. The van der Waals surface area contributed by atoms with E-state index in [4.69, 9.17) is 0 Å². The first-order chi connectivity index (χ1) is 11.6. The molecule has 1 aromatic carbocycles. The lowest BCUT2D eigenvalue weighted by Crippen LogP contribution is -2.22. The fourth-order valence-corrected chi connectivity index (χ4v) is 2.93. The van der Waals surface area contributed by atoms with Crippen molar-refractivity contribution in [1.29, 1.82) is 0 Å². The molecule has 0 saturated carbocycles.